The van der Waals surface area contributed by atoms with Gasteiger partial charge in [0.15, 0.2) is 0 Å². The lowest BCUT2D eigenvalue weighted by Crippen LogP contribution is -2.34. The number of carbonyl (C=O) groups is 1. The Kier molecular flexibility index (Phi) is 6.69. The van der Waals surface area contributed by atoms with Crippen molar-refractivity contribution in [2.75, 3.05) is 13.6 Å². The highest BCUT2D eigenvalue weighted by Gasteiger charge is 2.33. The number of halogens is 1. The minimum absolute atomic E-state index is 0.0562. The first-order chi connectivity index (χ1) is 13.4. The lowest BCUT2D eigenvalue weighted by Gasteiger charge is -2.18. The van der Waals surface area contributed by atoms with E-state index in [1.165, 1.54) is 7.05 Å². The summed E-state index contributed by atoms with van der Waals surface area (Å²) in [5.41, 5.74) is 8.77. The zero-order valence-electron chi connectivity index (χ0n) is 15.4. The number of hydrogen-bond donors (Lipinski definition) is 4. The molecule has 0 spiro atoms. The molecular formula is C19H23ClN4O3S. The Balaban J connectivity index is 1.58. The average Bonchev–Trinajstić information content (AvgIpc) is 3.17. The molecule has 9 heteroatoms. The van der Waals surface area contributed by atoms with Crippen molar-refractivity contribution in [1.29, 1.82) is 0 Å². The van der Waals surface area contributed by atoms with E-state index in [9.17, 15) is 13.2 Å². The van der Waals surface area contributed by atoms with Gasteiger partial charge in [-0.15, -0.1) is 0 Å². The quantitative estimate of drug-likeness (QED) is 0.541. The molecule has 2 atom stereocenters. The maximum Gasteiger partial charge on any atom is 0.226 e. The van der Waals surface area contributed by atoms with Crippen molar-refractivity contribution >= 4 is 27.5 Å². The smallest absolute Gasteiger partial charge is 0.226 e. The fourth-order valence-electron chi connectivity index (χ4n) is 3.09. The predicted molar refractivity (Wildman–Crippen MR) is 109 cm³/mol. The number of benzene rings is 2. The van der Waals surface area contributed by atoms with Crippen molar-refractivity contribution in [3.8, 4) is 0 Å². The monoisotopic (exact) mass is 422 g/mol. The van der Waals surface area contributed by atoms with E-state index in [1.54, 1.807) is 12.1 Å². The molecule has 2 aromatic rings. The SMILES string of the molecule is CNS(=O)(=O)Cc1ccc(CNC(=O)C2CNNC2c2ccc(Cl)cc2)cc1. The summed E-state index contributed by atoms with van der Waals surface area (Å²) in [4.78, 5) is 12.7. The highest BCUT2D eigenvalue weighted by molar-refractivity contribution is 7.88. The van der Waals surface area contributed by atoms with E-state index in [4.69, 9.17) is 11.6 Å². The summed E-state index contributed by atoms with van der Waals surface area (Å²) < 4.78 is 25.5. The van der Waals surface area contributed by atoms with Crippen molar-refractivity contribution in [3.63, 3.8) is 0 Å². The minimum atomic E-state index is -3.30. The second-order valence-electron chi connectivity index (χ2n) is 6.66. The Morgan fingerprint density at radius 2 is 1.75 bits per heavy atom. The number of hydrazine groups is 1. The van der Waals surface area contributed by atoms with Gasteiger partial charge in [-0.1, -0.05) is 48.0 Å². The first-order valence-corrected chi connectivity index (χ1v) is 10.9. The van der Waals surface area contributed by atoms with Crippen LogP contribution in [-0.2, 0) is 27.1 Å². The summed E-state index contributed by atoms with van der Waals surface area (Å²) in [5, 5.41) is 3.61. The molecule has 7 nitrogen and oxygen atoms in total. The Morgan fingerprint density at radius 3 is 2.39 bits per heavy atom. The topological polar surface area (TPSA) is 99.3 Å². The van der Waals surface area contributed by atoms with Crippen molar-refractivity contribution in [1.82, 2.24) is 20.9 Å². The van der Waals surface area contributed by atoms with Gasteiger partial charge >= 0.3 is 0 Å². The van der Waals surface area contributed by atoms with Crippen LogP contribution in [0.2, 0.25) is 5.02 Å². The van der Waals surface area contributed by atoms with E-state index in [1.807, 2.05) is 36.4 Å². The molecule has 1 aliphatic rings. The van der Waals surface area contributed by atoms with Crippen LogP contribution in [0.25, 0.3) is 0 Å². The van der Waals surface area contributed by atoms with Gasteiger partial charge in [0.2, 0.25) is 15.9 Å². The van der Waals surface area contributed by atoms with Crippen LogP contribution < -0.4 is 20.9 Å². The first-order valence-electron chi connectivity index (χ1n) is 8.88. The molecule has 1 saturated heterocycles. The van der Waals surface area contributed by atoms with Crippen LogP contribution in [0.3, 0.4) is 0 Å². The van der Waals surface area contributed by atoms with Gasteiger partial charge in [-0.05, 0) is 35.9 Å². The molecule has 2 unspecified atom stereocenters. The van der Waals surface area contributed by atoms with Crippen molar-refractivity contribution in [2.45, 2.75) is 18.3 Å². The second kappa shape index (κ2) is 9.02. The number of nitrogens with one attached hydrogen (secondary N) is 4. The van der Waals surface area contributed by atoms with Crippen molar-refractivity contribution in [2.24, 2.45) is 5.92 Å². The molecular weight excluding hydrogens is 400 g/mol. The molecule has 0 aromatic heterocycles. The van der Waals surface area contributed by atoms with Gasteiger partial charge in [0.25, 0.3) is 0 Å². The normalized spacial score (nSPS) is 19.5. The molecule has 0 aliphatic carbocycles. The molecule has 1 fully saturated rings. The summed E-state index contributed by atoms with van der Waals surface area (Å²) >= 11 is 5.94. The number of rotatable bonds is 7. The Hall–Kier alpha value is -1.97. The highest BCUT2D eigenvalue weighted by atomic mass is 35.5. The number of carbonyl (C=O) groups excluding carboxylic acids is 1. The van der Waals surface area contributed by atoms with E-state index in [0.717, 1.165) is 11.1 Å². The van der Waals surface area contributed by atoms with Gasteiger partial charge in [-0.2, -0.15) is 0 Å². The van der Waals surface area contributed by atoms with Gasteiger partial charge in [0.05, 0.1) is 17.7 Å². The van der Waals surface area contributed by atoms with Crippen LogP contribution in [0.1, 0.15) is 22.7 Å². The van der Waals surface area contributed by atoms with Gasteiger partial charge in [0, 0.05) is 18.1 Å². The highest BCUT2D eigenvalue weighted by Crippen LogP contribution is 2.26. The van der Waals surface area contributed by atoms with Gasteiger partial charge in [-0.3, -0.25) is 10.2 Å². The molecule has 1 heterocycles. The third-order valence-electron chi connectivity index (χ3n) is 4.71. The third-order valence-corrected chi connectivity index (χ3v) is 6.29. The molecule has 2 aromatic carbocycles. The minimum Gasteiger partial charge on any atom is -0.352 e. The summed E-state index contributed by atoms with van der Waals surface area (Å²) in [6, 6.07) is 14.5. The molecule has 28 heavy (non-hydrogen) atoms. The van der Waals surface area contributed by atoms with Gasteiger partial charge < -0.3 is 5.32 Å². The predicted octanol–water partition coefficient (Wildman–Crippen LogP) is 1.47. The van der Waals surface area contributed by atoms with Gasteiger partial charge in [-0.25, -0.2) is 18.6 Å². The zero-order chi connectivity index (χ0) is 20.1. The lowest BCUT2D eigenvalue weighted by atomic mass is 9.94. The summed E-state index contributed by atoms with van der Waals surface area (Å²) in [6.45, 7) is 0.904. The maximum atomic E-state index is 12.7. The second-order valence-corrected chi connectivity index (χ2v) is 9.02. The fraction of sp³-hybridized carbons (Fsp3) is 0.316. The van der Waals surface area contributed by atoms with Crippen LogP contribution in [0.5, 0.6) is 0 Å². The number of sulfonamides is 1. The van der Waals surface area contributed by atoms with E-state index >= 15 is 0 Å². The Labute approximate surface area is 169 Å². The maximum absolute atomic E-state index is 12.7. The van der Waals surface area contributed by atoms with E-state index in [2.05, 4.69) is 20.9 Å². The molecule has 0 radical (unpaired) electrons. The summed E-state index contributed by atoms with van der Waals surface area (Å²) in [6.07, 6.45) is 0. The number of hydrogen-bond acceptors (Lipinski definition) is 5. The average molecular weight is 423 g/mol. The molecule has 1 amide bonds. The van der Waals surface area contributed by atoms with Crippen LogP contribution in [0, 0.1) is 5.92 Å². The largest absolute Gasteiger partial charge is 0.352 e. The van der Waals surface area contributed by atoms with Crippen molar-refractivity contribution < 1.29 is 13.2 Å². The third kappa shape index (κ3) is 5.30. The number of amides is 1. The van der Waals surface area contributed by atoms with Crippen LogP contribution in [0.15, 0.2) is 48.5 Å². The molecule has 0 bridgehead atoms. The molecule has 3 rings (SSSR count). The Bertz CT molecular complexity index is 917. The molecule has 4 N–H and O–H groups in total. The van der Waals surface area contributed by atoms with Crippen LogP contribution in [-0.4, -0.2) is 27.9 Å². The first kappa shape index (κ1) is 20.8. The van der Waals surface area contributed by atoms with E-state index < -0.39 is 10.0 Å². The molecule has 1 aliphatic heterocycles. The fourth-order valence-corrected chi connectivity index (χ4v) is 3.99. The zero-order valence-corrected chi connectivity index (χ0v) is 17.0. The van der Waals surface area contributed by atoms with E-state index in [-0.39, 0.29) is 23.6 Å². The molecule has 150 valence electrons. The van der Waals surface area contributed by atoms with Crippen molar-refractivity contribution in [3.05, 3.63) is 70.2 Å². The lowest BCUT2D eigenvalue weighted by molar-refractivity contribution is -0.125. The van der Waals surface area contributed by atoms with Crippen LogP contribution >= 0.6 is 11.6 Å². The van der Waals surface area contributed by atoms with E-state index in [0.29, 0.717) is 23.7 Å². The molecule has 0 saturated carbocycles. The standard InChI is InChI=1S/C19H23ClN4O3S/c1-21-28(26,27)12-14-4-2-13(3-5-14)10-22-19(25)17-11-23-24-18(17)15-6-8-16(20)9-7-15/h2-9,17-18,21,23-24H,10-12H2,1H3,(H,22,25). The Morgan fingerprint density at radius 1 is 1.11 bits per heavy atom. The van der Waals surface area contributed by atoms with Gasteiger partial charge in [0.1, 0.15) is 0 Å². The van der Waals surface area contributed by atoms with Crippen LogP contribution in [0.4, 0.5) is 0 Å². The summed E-state index contributed by atoms with van der Waals surface area (Å²) in [5.74, 6) is -0.376. The summed E-state index contributed by atoms with van der Waals surface area (Å²) in [7, 11) is -1.91.